The van der Waals surface area contributed by atoms with Gasteiger partial charge in [-0.3, -0.25) is 9.59 Å². The summed E-state index contributed by atoms with van der Waals surface area (Å²) in [5, 5.41) is 8.25. The molecule has 1 heterocycles. The molecule has 142 valence electrons. The monoisotopic (exact) mass is 369 g/mol. The van der Waals surface area contributed by atoms with E-state index in [4.69, 9.17) is 0 Å². The molecule has 1 aliphatic carbocycles. The Hall–Kier alpha value is -2.25. The fourth-order valence-electron chi connectivity index (χ4n) is 3.66. The molecular weight excluding hydrogens is 347 g/mol. The molecule has 2 amide bonds. The minimum absolute atomic E-state index is 0.0758. The molecule has 3 N–H and O–H groups in total. The Kier molecular flexibility index (Phi) is 5.11. The van der Waals surface area contributed by atoms with Crippen LogP contribution in [0, 0.1) is 6.92 Å². The largest absolute Gasteiger partial charge is 0.471 e. The summed E-state index contributed by atoms with van der Waals surface area (Å²) >= 11 is 0. The highest BCUT2D eigenvalue weighted by Crippen LogP contribution is 2.29. The average molecular weight is 369 g/mol. The first-order chi connectivity index (χ1) is 12.2. The van der Waals surface area contributed by atoms with Gasteiger partial charge in [0.2, 0.25) is 5.91 Å². The number of nitrogens with one attached hydrogen (secondary N) is 3. The molecule has 1 aromatic rings. The van der Waals surface area contributed by atoms with Crippen LogP contribution in [-0.2, 0) is 16.0 Å². The normalized spacial score (nSPS) is 25.2. The maximum absolute atomic E-state index is 12.5. The van der Waals surface area contributed by atoms with Crippen LogP contribution >= 0.6 is 0 Å². The predicted molar refractivity (Wildman–Crippen MR) is 90.7 cm³/mol. The topological polar surface area (TPSA) is 70.2 Å². The molecule has 1 unspecified atom stereocenters. The molecule has 0 radical (unpaired) electrons. The van der Waals surface area contributed by atoms with Crippen molar-refractivity contribution < 1.29 is 22.8 Å². The molecule has 3 rings (SSSR count). The van der Waals surface area contributed by atoms with Crippen LogP contribution in [-0.4, -0.2) is 36.1 Å². The Bertz CT molecular complexity index is 697. The molecule has 1 aliphatic heterocycles. The van der Waals surface area contributed by atoms with E-state index in [2.05, 4.69) is 10.6 Å². The van der Waals surface area contributed by atoms with Crippen LogP contribution in [0.1, 0.15) is 36.8 Å². The number of halogens is 3. The number of hydrogen-bond donors (Lipinski definition) is 3. The number of benzene rings is 1. The van der Waals surface area contributed by atoms with E-state index in [1.807, 2.05) is 30.4 Å². The van der Waals surface area contributed by atoms with E-state index in [9.17, 15) is 22.8 Å². The van der Waals surface area contributed by atoms with Gasteiger partial charge in [0.1, 0.15) is 6.04 Å². The van der Waals surface area contributed by atoms with Crippen molar-refractivity contribution in [1.29, 1.82) is 0 Å². The van der Waals surface area contributed by atoms with E-state index in [0.717, 1.165) is 16.8 Å². The van der Waals surface area contributed by atoms with Crippen molar-refractivity contribution in [3.8, 4) is 0 Å². The van der Waals surface area contributed by atoms with Crippen molar-refractivity contribution in [3.63, 3.8) is 0 Å². The van der Waals surface area contributed by atoms with Crippen molar-refractivity contribution in [2.75, 3.05) is 5.32 Å². The van der Waals surface area contributed by atoms with Crippen molar-refractivity contribution in [1.82, 2.24) is 10.6 Å². The van der Waals surface area contributed by atoms with Crippen molar-refractivity contribution in [2.45, 2.75) is 63.3 Å². The van der Waals surface area contributed by atoms with Gasteiger partial charge in [-0.2, -0.15) is 13.2 Å². The fraction of sp³-hybridized carbons (Fsp3) is 0.556. The minimum Gasteiger partial charge on any atom is -0.373 e. The highest BCUT2D eigenvalue weighted by molar-refractivity contribution is 5.88. The summed E-state index contributed by atoms with van der Waals surface area (Å²) in [7, 11) is 0. The second-order valence-electron chi connectivity index (χ2n) is 7.04. The van der Waals surface area contributed by atoms with E-state index in [-0.39, 0.29) is 18.0 Å². The lowest BCUT2D eigenvalue weighted by Crippen LogP contribution is -2.49. The number of hydrogen-bond acceptors (Lipinski definition) is 3. The van der Waals surface area contributed by atoms with Crippen molar-refractivity contribution in [2.24, 2.45) is 0 Å². The Labute approximate surface area is 149 Å². The molecule has 0 spiro atoms. The zero-order valence-corrected chi connectivity index (χ0v) is 14.5. The molecule has 2 aliphatic rings. The molecule has 1 fully saturated rings. The molecule has 0 bridgehead atoms. The summed E-state index contributed by atoms with van der Waals surface area (Å²) in [6.45, 7) is 1.99. The highest BCUT2D eigenvalue weighted by Gasteiger charge is 2.40. The average Bonchev–Trinajstić information content (AvgIpc) is 3.01. The van der Waals surface area contributed by atoms with Crippen LogP contribution in [0.15, 0.2) is 18.2 Å². The Morgan fingerprint density at radius 3 is 2.27 bits per heavy atom. The summed E-state index contributed by atoms with van der Waals surface area (Å²) in [5.74, 6) is -1.99. The van der Waals surface area contributed by atoms with Gasteiger partial charge in [0, 0.05) is 24.2 Å². The lowest BCUT2D eigenvalue weighted by atomic mass is 9.91. The number of carbonyl (C=O) groups is 2. The summed E-state index contributed by atoms with van der Waals surface area (Å²) in [5.41, 5.74) is 3.22. The van der Waals surface area contributed by atoms with E-state index >= 15 is 0 Å². The first-order valence-corrected chi connectivity index (χ1v) is 8.77. The second-order valence-corrected chi connectivity index (χ2v) is 7.04. The number of anilines is 1. The number of rotatable bonds is 3. The Balaban J connectivity index is 1.46. The summed E-state index contributed by atoms with van der Waals surface area (Å²) < 4.78 is 36.9. The number of amides is 2. The van der Waals surface area contributed by atoms with Gasteiger partial charge in [0.15, 0.2) is 0 Å². The molecule has 1 saturated carbocycles. The maximum atomic E-state index is 12.5. The molecule has 5 nitrogen and oxygen atoms in total. The number of para-hydroxylation sites is 1. The molecule has 8 heteroatoms. The molecule has 0 aromatic heterocycles. The van der Waals surface area contributed by atoms with Gasteiger partial charge >= 0.3 is 12.1 Å². The minimum atomic E-state index is -4.85. The molecule has 1 atom stereocenters. The van der Waals surface area contributed by atoms with E-state index in [1.54, 1.807) is 0 Å². The lowest BCUT2D eigenvalue weighted by Gasteiger charge is -2.30. The first kappa shape index (κ1) is 18.5. The number of alkyl halides is 3. The molecular formula is C18H22F3N3O2. The van der Waals surface area contributed by atoms with Gasteiger partial charge in [0.25, 0.3) is 0 Å². The predicted octanol–water partition coefficient (Wildman–Crippen LogP) is 2.44. The van der Waals surface area contributed by atoms with E-state index in [1.165, 1.54) is 0 Å². The zero-order chi connectivity index (χ0) is 18.9. The summed E-state index contributed by atoms with van der Waals surface area (Å²) in [6.07, 6.45) is -2.29. The quantitative estimate of drug-likeness (QED) is 0.767. The number of aryl methyl sites for hydroxylation is 1. The van der Waals surface area contributed by atoms with Crippen LogP contribution in [0.4, 0.5) is 18.9 Å². The Morgan fingerprint density at radius 2 is 1.69 bits per heavy atom. The van der Waals surface area contributed by atoms with Crippen LogP contribution in [0.5, 0.6) is 0 Å². The van der Waals surface area contributed by atoms with Gasteiger partial charge in [-0.1, -0.05) is 18.2 Å². The van der Waals surface area contributed by atoms with Crippen molar-refractivity contribution in [3.05, 3.63) is 29.3 Å². The third-order valence-electron chi connectivity index (χ3n) is 5.08. The fourth-order valence-corrected chi connectivity index (χ4v) is 3.66. The van der Waals surface area contributed by atoms with E-state index in [0.29, 0.717) is 32.1 Å². The lowest BCUT2D eigenvalue weighted by molar-refractivity contribution is -0.174. The van der Waals surface area contributed by atoms with Gasteiger partial charge in [0.05, 0.1) is 0 Å². The van der Waals surface area contributed by atoms with Gasteiger partial charge in [-0.05, 0) is 43.7 Å². The zero-order valence-electron chi connectivity index (χ0n) is 14.5. The standard InChI is InChI=1S/C18H22F3N3O2/c1-10-3-2-4-11-9-14(24-15(10)11)16(25)22-12-5-7-13(8-6-12)23-17(26)18(19,20)21/h2-4,12-14,24H,5-9H2,1H3,(H,22,25)(H,23,26)/t12-,13-,14?. The summed E-state index contributed by atoms with van der Waals surface area (Å²) in [6, 6.07) is 5.06. The Morgan fingerprint density at radius 1 is 1.08 bits per heavy atom. The van der Waals surface area contributed by atoms with Crippen LogP contribution in [0.3, 0.4) is 0 Å². The van der Waals surface area contributed by atoms with Gasteiger partial charge in [-0.15, -0.1) is 0 Å². The number of carbonyl (C=O) groups excluding carboxylic acids is 2. The van der Waals surface area contributed by atoms with Gasteiger partial charge in [-0.25, -0.2) is 0 Å². The van der Waals surface area contributed by atoms with Crippen LogP contribution in [0.25, 0.3) is 0 Å². The summed E-state index contributed by atoms with van der Waals surface area (Å²) in [4.78, 5) is 23.5. The highest BCUT2D eigenvalue weighted by atomic mass is 19.4. The third-order valence-corrected chi connectivity index (χ3v) is 5.08. The maximum Gasteiger partial charge on any atom is 0.471 e. The number of fused-ring (bicyclic) bond motifs is 1. The first-order valence-electron chi connectivity index (χ1n) is 8.77. The third kappa shape index (κ3) is 4.11. The second kappa shape index (κ2) is 7.17. The van der Waals surface area contributed by atoms with Crippen LogP contribution < -0.4 is 16.0 Å². The molecule has 1 aromatic carbocycles. The van der Waals surface area contributed by atoms with Crippen molar-refractivity contribution >= 4 is 17.5 Å². The molecule has 26 heavy (non-hydrogen) atoms. The van der Waals surface area contributed by atoms with Crippen LogP contribution in [0.2, 0.25) is 0 Å². The SMILES string of the molecule is Cc1cccc2c1NC(C(=O)N[C@H]1CC[C@H](NC(=O)C(F)(F)F)CC1)C2. The van der Waals surface area contributed by atoms with E-state index < -0.39 is 18.1 Å². The smallest absolute Gasteiger partial charge is 0.373 e. The van der Waals surface area contributed by atoms with Gasteiger partial charge < -0.3 is 16.0 Å². The molecule has 0 saturated heterocycles.